The van der Waals surface area contributed by atoms with Gasteiger partial charge in [-0.3, -0.25) is 0 Å². The van der Waals surface area contributed by atoms with Gasteiger partial charge in [-0.25, -0.2) is 9.97 Å². The molecule has 0 bridgehead atoms. The predicted octanol–water partition coefficient (Wildman–Crippen LogP) is 2.24. The molecular formula is C13H11N3. The zero-order valence-electron chi connectivity index (χ0n) is 8.72. The molecule has 16 heavy (non-hydrogen) atoms. The van der Waals surface area contributed by atoms with Gasteiger partial charge in [0.15, 0.2) is 0 Å². The highest BCUT2D eigenvalue weighted by Gasteiger charge is 2.01. The first kappa shape index (κ1) is 9.24. The topological polar surface area (TPSA) is 51.8 Å². The predicted molar refractivity (Wildman–Crippen MR) is 64.9 cm³/mol. The summed E-state index contributed by atoms with van der Waals surface area (Å²) in [6, 6.07) is 13.8. The Morgan fingerprint density at radius 3 is 2.12 bits per heavy atom. The van der Waals surface area contributed by atoms with E-state index in [1.807, 2.05) is 42.5 Å². The van der Waals surface area contributed by atoms with Gasteiger partial charge >= 0.3 is 0 Å². The van der Waals surface area contributed by atoms with E-state index in [1.165, 1.54) is 0 Å². The zero-order chi connectivity index (χ0) is 11.0. The van der Waals surface area contributed by atoms with E-state index in [-0.39, 0.29) is 0 Å². The maximum atomic E-state index is 5.61. The number of hydrogen-bond donors (Lipinski definition) is 1. The summed E-state index contributed by atoms with van der Waals surface area (Å²) in [6.45, 7) is 0.532. The fourth-order valence-corrected chi connectivity index (χ4v) is 1.79. The Morgan fingerprint density at radius 1 is 0.812 bits per heavy atom. The van der Waals surface area contributed by atoms with Crippen LogP contribution in [-0.2, 0) is 6.54 Å². The van der Waals surface area contributed by atoms with Gasteiger partial charge in [0.25, 0.3) is 0 Å². The van der Waals surface area contributed by atoms with E-state index in [1.54, 1.807) is 0 Å². The highest BCUT2D eigenvalue weighted by atomic mass is 14.8. The number of rotatable bonds is 1. The number of fused-ring (bicyclic) bond motifs is 2. The van der Waals surface area contributed by atoms with E-state index in [9.17, 15) is 0 Å². The molecule has 3 rings (SSSR count). The van der Waals surface area contributed by atoms with E-state index in [0.29, 0.717) is 6.54 Å². The normalized spacial score (nSPS) is 11.1. The Labute approximate surface area is 92.9 Å². The van der Waals surface area contributed by atoms with Crippen LogP contribution in [0.2, 0.25) is 0 Å². The molecule has 2 aromatic carbocycles. The monoisotopic (exact) mass is 209 g/mol. The molecule has 0 fully saturated rings. The van der Waals surface area contributed by atoms with Crippen molar-refractivity contribution in [1.29, 1.82) is 0 Å². The van der Waals surface area contributed by atoms with Crippen LogP contribution in [0.1, 0.15) is 5.56 Å². The van der Waals surface area contributed by atoms with Gasteiger partial charge in [0.2, 0.25) is 0 Å². The smallest absolute Gasteiger partial charge is 0.0897 e. The first-order valence-electron chi connectivity index (χ1n) is 5.22. The molecule has 3 aromatic rings. The number of nitrogens with two attached hydrogens (primary N) is 1. The molecule has 1 aromatic heterocycles. The highest BCUT2D eigenvalue weighted by Crippen LogP contribution is 2.16. The fraction of sp³-hybridized carbons (Fsp3) is 0.0769. The van der Waals surface area contributed by atoms with Crippen molar-refractivity contribution in [2.75, 3.05) is 0 Å². The van der Waals surface area contributed by atoms with Crippen LogP contribution >= 0.6 is 0 Å². The Morgan fingerprint density at radius 2 is 1.44 bits per heavy atom. The molecule has 3 nitrogen and oxygen atoms in total. The largest absolute Gasteiger partial charge is 0.326 e. The minimum atomic E-state index is 0.532. The van der Waals surface area contributed by atoms with Crippen LogP contribution in [0.3, 0.4) is 0 Å². The van der Waals surface area contributed by atoms with Gasteiger partial charge in [-0.1, -0.05) is 18.2 Å². The van der Waals surface area contributed by atoms with Crippen molar-refractivity contribution in [1.82, 2.24) is 9.97 Å². The summed E-state index contributed by atoms with van der Waals surface area (Å²) in [5.41, 5.74) is 10.4. The molecule has 78 valence electrons. The molecule has 0 radical (unpaired) electrons. The van der Waals surface area contributed by atoms with Crippen molar-refractivity contribution in [2.24, 2.45) is 5.73 Å². The van der Waals surface area contributed by atoms with Gasteiger partial charge < -0.3 is 5.73 Å². The number of nitrogens with zero attached hydrogens (tertiary/aromatic N) is 2. The van der Waals surface area contributed by atoms with Crippen molar-refractivity contribution in [3.63, 3.8) is 0 Å². The lowest BCUT2D eigenvalue weighted by Crippen LogP contribution is -1.96. The van der Waals surface area contributed by atoms with Crippen LogP contribution in [-0.4, -0.2) is 9.97 Å². The highest BCUT2D eigenvalue weighted by molar-refractivity contribution is 5.86. The van der Waals surface area contributed by atoms with Gasteiger partial charge in [-0.15, -0.1) is 0 Å². The Hall–Kier alpha value is -2.00. The minimum Gasteiger partial charge on any atom is -0.326 e. The molecule has 0 atom stereocenters. The number of aromatic nitrogens is 2. The summed E-state index contributed by atoms with van der Waals surface area (Å²) in [4.78, 5) is 9.12. The molecule has 2 N–H and O–H groups in total. The Bertz CT molecular complexity index is 661. The number of benzene rings is 2. The van der Waals surface area contributed by atoms with Gasteiger partial charge in [0.1, 0.15) is 0 Å². The van der Waals surface area contributed by atoms with Crippen molar-refractivity contribution >= 4 is 22.1 Å². The zero-order valence-corrected chi connectivity index (χ0v) is 8.72. The third kappa shape index (κ3) is 1.42. The van der Waals surface area contributed by atoms with Gasteiger partial charge in [-0.2, -0.15) is 0 Å². The fourth-order valence-electron chi connectivity index (χ4n) is 1.79. The van der Waals surface area contributed by atoms with E-state index in [2.05, 4.69) is 9.97 Å². The summed E-state index contributed by atoms with van der Waals surface area (Å²) in [5.74, 6) is 0. The summed E-state index contributed by atoms with van der Waals surface area (Å²) in [5, 5.41) is 0. The summed E-state index contributed by atoms with van der Waals surface area (Å²) < 4.78 is 0. The molecular weight excluding hydrogens is 198 g/mol. The second-order valence-corrected chi connectivity index (χ2v) is 3.74. The number of hydrogen-bond acceptors (Lipinski definition) is 3. The maximum Gasteiger partial charge on any atom is 0.0897 e. The van der Waals surface area contributed by atoms with Crippen LogP contribution in [0.5, 0.6) is 0 Å². The molecule has 0 unspecified atom stereocenters. The SMILES string of the molecule is NCc1ccc2nc3ccccc3nc2c1. The van der Waals surface area contributed by atoms with Crippen molar-refractivity contribution in [3.8, 4) is 0 Å². The lowest BCUT2D eigenvalue weighted by molar-refractivity contribution is 1.07. The molecule has 0 spiro atoms. The lowest BCUT2D eigenvalue weighted by Gasteiger charge is -2.02. The molecule has 0 amide bonds. The van der Waals surface area contributed by atoms with Crippen LogP contribution in [0.4, 0.5) is 0 Å². The van der Waals surface area contributed by atoms with E-state index in [4.69, 9.17) is 5.73 Å². The van der Waals surface area contributed by atoms with E-state index >= 15 is 0 Å². The van der Waals surface area contributed by atoms with Gasteiger partial charge in [-0.05, 0) is 29.8 Å². The second-order valence-electron chi connectivity index (χ2n) is 3.74. The van der Waals surface area contributed by atoms with Crippen molar-refractivity contribution in [2.45, 2.75) is 6.54 Å². The maximum absolute atomic E-state index is 5.61. The minimum absolute atomic E-state index is 0.532. The average Bonchev–Trinajstić information content (AvgIpc) is 2.35. The Balaban J connectivity index is 2.37. The Kier molecular flexibility index (Phi) is 2.04. The molecule has 1 heterocycles. The average molecular weight is 209 g/mol. The van der Waals surface area contributed by atoms with Crippen LogP contribution < -0.4 is 5.73 Å². The standard InChI is InChI=1S/C13H11N3/c14-8-9-5-6-12-13(7-9)16-11-4-2-1-3-10(11)15-12/h1-7H,8,14H2. The molecule has 0 aliphatic heterocycles. The summed E-state index contributed by atoms with van der Waals surface area (Å²) >= 11 is 0. The molecule has 0 saturated heterocycles. The molecule has 0 aliphatic carbocycles. The van der Waals surface area contributed by atoms with Gasteiger partial charge in [0.05, 0.1) is 22.1 Å². The summed E-state index contributed by atoms with van der Waals surface area (Å²) in [7, 11) is 0. The van der Waals surface area contributed by atoms with Crippen LogP contribution in [0.15, 0.2) is 42.5 Å². The molecule has 0 aliphatic rings. The van der Waals surface area contributed by atoms with Gasteiger partial charge in [0, 0.05) is 6.54 Å². The third-order valence-electron chi connectivity index (χ3n) is 2.64. The van der Waals surface area contributed by atoms with Crippen LogP contribution in [0.25, 0.3) is 22.1 Å². The third-order valence-corrected chi connectivity index (χ3v) is 2.64. The van der Waals surface area contributed by atoms with E-state index in [0.717, 1.165) is 27.6 Å². The lowest BCUT2D eigenvalue weighted by atomic mass is 10.2. The number of para-hydroxylation sites is 2. The van der Waals surface area contributed by atoms with Crippen LogP contribution in [0, 0.1) is 0 Å². The molecule has 3 heteroatoms. The summed E-state index contributed by atoms with van der Waals surface area (Å²) in [6.07, 6.45) is 0. The van der Waals surface area contributed by atoms with Crippen molar-refractivity contribution in [3.05, 3.63) is 48.0 Å². The van der Waals surface area contributed by atoms with E-state index < -0.39 is 0 Å². The first-order chi connectivity index (χ1) is 7.86. The first-order valence-corrected chi connectivity index (χ1v) is 5.22. The molecule has 0 saturated carbocycles. The quantitative estimate of drug-likeness (QED) is 0.625. The second kappa shape index (κ2) is 3.54. The van der Waals surface area contributed by atoms with Crippen molar-refractivity contribution < 1.29 is 0 Å².